The van der Waals surface area contributed by atoms with Gasteiger partial charge in [0.05, 0.1) is 5.76 Å². The topological polar surface area (TPSA) is 86.6 Å². The molecule has 0 spiro atoms. The van der Waals surface area contributed by atoms with E-state index >= 15 is 0 Å². The van der Waals surface area contributed by atoms with Crippen molar-refractivity contribution in [2.45, 2.75) is 5.60 Å². The highest BCUT2D eigenvalue weighted by Crippen LogP contribution is 2.44. The number of nitrogens with one attached hydrogen (secondary N) is 1. The lowest BCUT2D eigenvalue weighted by atomic mass is 9.77. The third-order valence-electron chi connectivity index (χ3n) is 4.00. The molecule has 1 aliphatic heterocycles. The molecule has 23 heavy (non-hydrogen) atoms. The highest BCUT2D eigenvalue weighted by atomic mass is 16.3. The van der Waals surface area contributed by atoms with Crippen LogP contribution in [0.15, 0.2) is 66.9 Å². The standard InChI is InChI=1S/C18H15NO4/c1-11(20)15(16(21)12-7-3-2-4-8-12)18(23)13-9-5-6-10-14(13)19-17(18)22/h2-10,15,20,23H,1H2,(H,19,22)/t15-,18+/m1/s1. The van der Waals surface area contributed by atoms with E-state index in [2.05, 4.69) is 11.9 Å². The van der Waals surface area contributed by atoms with Crippen molar-refractivity contribution in [3.05, 3.63) is 78.1 Å². The van der Waals surface area contributed by atoms with E-state index in [0.717, 1.165) is 0 Å². The van der Waals surface area contributed by atoms with Crippen LogP contribution < -0.4 is 5.32 Å². The summed E-state index contributed by atoms with van der Waals surface area (Å²) < 4.78 is 0. The molecule has 0 unspecified atom stereocenters. The minimum Gasteiger partial charge on any atom is -0.512 e. The van der Waals surface area contributed by atoms with Crippen LogP contribution in [0, 0.1) is 5.92 Å². The van der Waals surface area contributed by atoms with Crippen LogP contribution in [-0.2, 0) is 10.4 Å². The Bertz CT molecular complexity index is 800. The monoisotopic (exact) mass is 309 g/mol. The smallest absolute Gasteiger partial charge is 0.262 e. The van der Waals surface area contributed by atoms with Gasteiger partial charge in [0.1, 0.15) is 5.92 Å². The largest absolute Gasteiger partial charge is 0.512 e. The predicted molar refractivity (Wildman–Crippen MR) is 85.0 cm³/mol. The summed E-state index contributed by atoms with van der Waals surface area (Å²) in [6.45, 7) is 3.39. The van der Waals surface area contributed by atoms with E-state index in [0.29, 0.717) is 5.69 Å². The van der Waals surface area contributed by atoms with Gasteiger partial charge < -0.3 is 15.5 Å². The predicted octanol–water partition coefficient (Wildman–Crippen LogP) is 2.40. The first-order valence-electron chi connectivity index (χ1n) is 7.06. The molecule has 3 N–H and O–H groups in total. The van der Waals surface area contributed by atoms with E-state index < -0.39 is 29.0 Å². The van der Waals surface area contributed by atoms with E-state index in [9.17, 15) is 19.8 Å². The number of para-hydroxylation sites is 1. The van der Waals surface area contributed by atoms with E-state index in [4.69, 9.17) is 0 Å². The fourth-order valence-corrected chi connectivity index (χ4v) is 2.90. The minimum absolute atomic E-state index is 0.245. The number of carbonyl (C=O) groups is 2. The van der Waals surface area contributed by atoms with E-state index in [1.165, 1.54) is 0 Å². The Hall–Kier alpha value is -2.92. The van der Waals surface area contributed by atoms with Crippen LogP contribution in [0.2, 0.25) is 0 Å². The number of Topliss-reactive ketones (excluding diaryl/α,β-unsaturated/α-hetero) is 1. The Balaban J connectivity index is 2.14. The van der Waals surface area contributed by atoms with Crippen molar-refractivity contribution in [2.75, 3.05) is 5.32 Å². The van der Waals surface area contributed by atoms with Crippen molar-refractivity contribution < 1.29 is 19.8 Å². The number of benzene rings is 2. The summed E-state index contributed by atoms with van der Waals surface area (Å²) in [5.74, 6) is -3.39. The van der Waals surface area contributed by atoms with Crippen LogP contribution in [0.4, 0.5) is 5.69 Å². The fourth-order valence-electron chi connectivity index (χ4n) is 2.90. The van der Waals surface area contributed by atoms with Gasteiger partial charge in [-0.1, -0.05) is 55.1 Å². The molecule has 0 saturated carbocycles. The number of aliphatic hydroxyl groups is 2. The summed E-state index contributed by atoms with van der Waals surface area (Å²) in [5, 5.41) is 23.5. The minimum atomic E-state index is -2.20. The highest BCUT2D eigenvalue weighted by molar-refractivity contribution is 6.11. The molecule has 0 fully saturated rings. The average Bonchev–Trinajstić information content (AvgIpc) is 2.80. The molecule has 5 nitrogen and oxygen atoms in total. The lowest BCUT2D eigenvalue weighted by Crippen LogP contribution is -2.46. The molecule has 0 aliphatic carbocycles. The Kier molecular flexibility index (Phi) is 3.50. The molecule has 1 aliphatic rings. The van der Waals surface area contributed by atoms with Gasteiger partial charge in [-0.15, -0.1) is 0 Å². The normalized spacial score (nSPS) is 20.5. The molecular formula is C18H15NO4. The number of rotatable bonds is 4. The number of hydrogen-bond donors (Lipinski definition) is 3. The quantitative estimate of drug-likeness (QED) is 0.598. The number of ketones is 1. The Morgan fingerprint density at radius 3 is 2.35 bits per heavy atom. The first-order valence-corrected chi connectivity index (χ1v) is 7.06. The Morgan fingerprint density at radius 2 is 1.70 bits per heavy atom. The second-order valence-corrected chi connectivity index (χ2v) is 5.42. The first-order chi connectivity index (χ1) is 11.0. The molecule has 0 bridgehead atoms. The van der Waals surface area contributed by atoms with Crippen LogP contribution in [-0.4, -0.2) is 21.9 Å². The molecule has 2 atom stereocenters. The van der Waals surface area contributed by atoms with Crippen LogP contribution in [0.1, 0.15) is 15.9 Å². The number of carbonyl (C=O) groups excluding carboxylic acids is 2. The Morgan fingerprint density at radius 1 is 1.09 bits per heavy atom. The molecular weight excluding hydrogens is 294 g/mol. The summed E-state index contributed by atoms with van der Waals surface area (Å²) in [7, 11) is 0. The maximum atomic E-state index is 12.8. The van der Waals surface area contributed by atoms with Crippen molar-refractivity contribution in [1.82, 2.24) is 0 Å². The molecule has 5 heteroatoms. The Labute approximate surface area is 132 Å². The van der Waals surface area contributed by atoms with Crippen molar-refractivity contribution in [2.24, 2.45) is 5.92 Å². The van der Waals surface area contributed by atoms with Gasteiger partial charge in [0, 0.05) is 16.8 Å². The number of fused-ring (bicyclic) bond motifs is 1. The van der Waals surface area contributed by atoms with Crippen LogP contribution in [0.3, 0.4) is 0 Å². The summed E-state index contributed by atoms with van der Waals surface area (Å²) in [5.41, 5.74) is -1.27. The van der Waals surface area contributed by atoms with Crippen molar-refractivity contribution in [1.29, 1.82) is 0 Å². The number of aliphatic hydroxyl groups excluding tert-OH is 1. The van der Waals surface area contributed by atoms with Gasteiger partial charge in [0.25, 0.3) is 5.91 Å². The van der Waals surface area contributed by atoms with Gasteiger partial charge >= 0.3 is 0 Å². The first kappa shape index (κ1) is 15.0. The zero-order chi connectivity index (χ0) is 16.6. The van der Waals surface area contributed by atoms with Gasteiger partial charge in [0.15, 0.2) is 11.4 Å². The van der Waals surface area contributed by atoms with E-state index in [1.807, 2.05) is 0 Å². The van der Waals surface area contributed by atoms with Gasteiger partial charge in [-0.2, -0.15) is 0 Å². The molecule has 0 radical (unpaired) electrons. The summed E-state index contributed by atoms with van der Waals surface area (Å²) in [6.07, 6.45) is 0. The second kappa shape index (κ2) is 5.37. The number of amides is 1. The molecule has 2 aromatic rings. The molecule has 0 aromatic heterocycles. The third kappa shape index (κ3) is 2.22. The molecule has 1 heterocycles. The van der Waals surface area contributed by atoms with Gasteiger partial charge in [0.2, 0.25) is 0 Å². The van der Waals surface area contributed by atoms with Crippen molar-refractivity contribution in [3.8, 4) is 0 Å². The SMILES string of the molecule is C=C(O)[C@H](C(=O)c1ccccc1)[C@]1(O)C(=O)Nc2ccccc21. The molecule has 3 rings (SSSR count). The van der Waals surface area contributed by atoms with Gasteiger partial charge in [-0.05, 0) is 6.07 Å². The number of hydrogen-bond acceptors (Lipinski definition) is 4. The van der Waals surface area contributed by atoms with E-state index in [-0.39, 0.29) is 11.1 Å². The van der Waals surface area contributed by atoms with Gasteiger partial charge in [-0.25, -0.2) is 0 Å². The van der Waals surface area contributed by atoms with Gasteiger partial charge in [-0.3, -0.25) is 9.59 Å². The zero-order valence-corrected chi connectivity index (χ0v) is 12.2. The molecule has 2 aromatic carbocycles. The molecule has 0 saturated heterocycles. The van der Waals surface area contributed by atoms with Crippen molar-refractivity contribution >= 4 is 17.4 Å². The summed E-state index contributed by atoms with van der Waals surface area (Å²) in [4.78, 5) is 25.1. The second-order valence-electron chi connectivity index (χ2n) is 5.42. The summed E-state index contributed by atoms with van der Waals surface area (Å²) in [6, 6.07) is 14.7. The maximum absolute atomic E-state index is 12.8. The lowest BCUT2D eigenvalue weighted by molar-refractivity contribution is -0.137. The zero-order valence-electron chi connectivity index (χ0n) is 12.2. The average molecular weight is 309 g/mol. The van der Waals surface area contributed by atoms with Crippen LogP contribution in [0.5, 0.6) is 0 Å². The summed E-state index contributed by atoms with van der Waals surface area (Å²) >= 11 is 0. The third-order valence-corrected chi connectivity index (χ3v) is 4.00. The molecule has 1 amide bonds. The van der Waals surface area contributed by atoms with Crippen LogP contribution in [0.25, 0.3) is 0 Å². The lowest BCUT2D eigenvalue weighted by Gasteiger charge is -2.29. The highest BCUT2D eigenvalue weighted by Gasteiger charge is 2.55. The fraction of sp³-hybridized carbons (Fsp3) is 0.111. The maximum Gasteiger partial charge on any atom is 0.262 e. The van der Waals surface area contributed by atoms with Crippen molar-refractivity contribution in [3.63, 3.8) is 0 Å². The van der Waals surface area contributed by atoms with E-state index in [1.54, 1.807) is 54.6 Å². The van der Waals surface area contributed by atoms with Crippen LogP contribution >= 0.6 is 0 Å². The number of anilines is 1. The molecule has 116 valence electrons.